The minimum absolute atomic E-state index is 0.0108. The topological polar surface area (TPSA) is 84.2 Å². The van der Waals surface area contributed by atoms with Gasteiger partial charge in [-0.1, -0.05) is 35.3 Å². The fourth-order valence-corrected chi connectivity index (χ4v) is 3.51. The Bertz CT molecular complexity index is 789. The molecule has 0 bridgehead atoms. The largest absolute Gasteiger partial charge is 0.372 e. The zero-order chi connectivity index (χ0) is 19.1. The van der Waals surface area contributed by atoms with Crippen molar-refractivity contribution in [2.75, 3.05) is 18.4 Å². The van der Waals surface area contributed by atoms with Gasteiger partial charge in [-0.3, -0.25) is 9.59 Å². The third-order valence-corrected chi connectivity index (χ3v) is 4.72. The average molecular weight is 398 g/mol. The maximum atomic E-state index is 14.0. The number of nitrogens with one attached hydrogen (secondary N) is 2. The first-order valence-corrected chi connectivity index (χ1v) is 8.58. The highest BCUT2D eigenvalue weighted by molar-refractivity contribution is 6.31. The third kappa shape index (κ3) is 4.72. The first-order chi connectivity index (χ1) is 12.5. The molecule has 8 heteroatoms. The number of nitrogens with two attached hydrogens (primary N) is 1. The molecule has 0 aliphatic carbocycles. The van der Waals surface area contributed by atoms with E-state index in [1.165, 1.54) is 12.1 Å². The van der Waals surface area contributed by atoms with E-state index in [0.717, 1.165) is 17.7 Å². The molecule has 1 saturated heterocycles. The number of anilines is 1. The number of carbonyl (C=O) groups is 2. The van der Waals surface area contributed by atoms with Crippen LogP contribution in [0.1, 0.15) is 23.0 Å². The molecule has 0 unspecified atom stereocenters. The standard InChI is InChI=1S/C17H15Cl2FN2O.CH3NO/c18-11-3-1-2-10(4-11)13-7-21-8-14(13)12-5-16(20)15(19)6-17(12)22-9-23;2-1-3/h1-6,9,13-14,21H,7-8H2,(H,22,23);1H,(H2,2,3)/t13-,14+;/m1./s1. The number of amides is 2. The fraction of sp³-hybridized carbons (Fsp3) is 0.222. The van der Waals surface area contributed by atoms with Crippen molar-refractivity contribution in [2.24, 2.45) is 5.73 Å². The van der Waals surface area contributed by atoms with Crippen LogP contribution in [0.4, 0.5) is 10.1 Å². The minimum atomic E-state index is -0.491. The molecule has 1 aliphatic rings. The van der Waals surface area contributed by atoms with Crippen LogP contribution in [0.25, 0.3) is 0 Å². The molecule has 5 nitrogen and oxygen atoms in total. The van der Waals surface area contributed by atoms with Gasteiger partial charge < -0.3 is 16.4 Å². The second kappa shape index (κ2) is 9.52. The highest BCUT2D eigenvalue weighted by Gasteiger charge is 2.32. The SMILES string of the molecule is NC=O.O=CNc1cc(Cl)c(F)cc1[C@@H]1CNC[C@@H]1c1cccc(Cl)c1. The Morgan fingerprint density at radius 1 is 1.15 bits per heavy atom. The molecular weight excluding hydrogens is 380 g/mol. The van der Waals surface area contributed by atoms with Gasteiger partial charge >= 0.3 is 0 Å². The van der Waals surface area contributed by atoms with Crippen molar-refractivity contribution in [1.29, 1.82) is 0 Å². The highest BCUT2D eigenvalue weighted by atomic mass is 35.5. The summed E-state index contributed by atoms with van der Waals surface area (Å²) < 4.78 is 14.0. The van der Waals surface area contributed by atoms with Crippen LogP contribution in [0, 0.1) is 5.82 Å². The summed E-state index contributed by atoms with van der Waals surface area (Å²) in [6, 6.07) is 10.5. The number of hydrogen-bond donors (Lipinski definition) is 3. The summed E-state index contributed by atoms with van der Waals surface area (Å²) in [7, 11) is 0. The fourth-order valence-electron chi connectivity index (χ4n) is 3.15. The Morgan fingerprint density at radius 2 is 1.85 bits per heavy atom. The molecule has 2 atom stereocenters. The molecule has 1 aliphatic heterocycles. The maximum absolute atomic E-state index is 14.0. The normalized spacial score (nSPS) is 18.6. The van der Waals surface area contributed by atoms with Crippen molar-refractivity contribution in [1.82, 2.24) is 5.32 Å². The van der Waals surface area contributed by atoms with Crippen LogP contribution in [0.5, 0.6) is 0 Å². The van der Waals surface area contributed by atoms with Gasteiger partial charge in [0.2, 0.25) is 12.8 Å². The number of primary amides is 1. The molecule has 3 rings (SSSR count). The summed E-state index contributed by atoms with van der Waals surface area (Å²) >= 11 is 11.9. The van der Waals surface area contributed by atoms with Crippen molar-refractivity contribution < 1.29 is 14.0 Å². The number of halogens is 3. The number of carbonyl (C=O) groups excluding carboxylic acids is 2. The van der Waals surface area contributed by atoms with E-state index in [9.17, 15) is 9.18 Å². The average Bonchev–Trinajstić information content (AvgIpc) is 3.08. The molecule has 138 valence electrons. The molecule has 0 saturated carbocycles. The summed E-state index contributed by atoms with van der Waals surface area (Å²) in [5.74, 6) is -0.334. The lowest BCUT2D eigenvalue weighted by Crippen LogP contribution is -2.12. The van der Waals surface area contributed by atoms with E-state index in [4.69, 9.17) is 28.0 Å². The van der Waals surface area contributed by atoms with E-state index in [1.54, 1.807) is 0 Å². The van der Waals surface area contributed by atoms with E-state index in [0.29, 0.717) is 23.7 Å². The van der Waals surface area contributed by atoms with Crippen molar-refractivity contribution in [3.63, 3.8) is 0 Å². The summed E-state index contributed by atoms with van der Waals surface area (Å²) in [5.41, 5.74) is 6.51. The van der Waals surface area contributed by atoms with Crippen LogP contribution in [-0.4, -0.2) is 25.9 Å². The predicted molar refractivity (Wildman–Crippen MR) is 101 cm³/mol. The number of benzene rings is 2. The summed E-state index contributed by atoms with van der Waals surface area (Å²) in [5, 5.41) is 6.60. The first kappa shape index (κ1) is 20.2. The Labute approximate surface area is 160 Å². The van der Waals surface area contributed by atoms with Crippen molar-refractivity contribution in [2.45, 2.75) is 11.8 Å². The summed E-state index contributed by atoms with van der Waals surface area (Å²) in [6.07, 6.45) is 0.823. The molecule has 4 N–H and O–H groups in total. The zero-order valence-corrected chi connectivity index (χ0v) is 15.2. The maximum Gasteiger partial charge on any atom is 0.211 e. The lowest BCUT2D eigenvalue weighted by atomic mass is 9.83. The Morgan fingerprint density at radius 3 is 2.50 bits per heavy atom. The van der Waals surface area contributed by atoms with Crippen LogP contribution >= 0.6 is 23.2 Å². The van der Waals surface area contributed by atoms with E-state index in [2.05, 4.69) is 16.4 Å². The smallest absolute Gasteiger partial charge is 0.211 e. The van der Waals surface area contributed by atoms with Gasteiger partial charge in [-0.15, -0.1) is 0 Å². The predicted octanol–water partition coefficient (Wildman–Crippen LogP) is 3.27. The molecule has 2 amide bonds. The van der Waals surface area contributed by atoms with Gasteiger partial charge in [0.25, 0.3) is 0 Å². The molecule has 2 aromatic carbocycles. The third-order valence-electron chi connectivity index (χ3n) is 4.20. The van der Waals surface area contributed by atoms with Gasteiger partial charge in [-0.05, 0) is 35.4 Å². The van der Waals surface area contributed by atoms with Gasteiger partial charge in [-0.25, -0.2) is 4.39 Å². The Kier molecular flexibility index (Phi) is 7.38. The summed E-state index contributed by atoms with van der Waals surface area (Å²) in [4.78, 5) is 19.4. The van der Waals surface area contributed by atoms with Crippen LogP contribution < -0.4 is 16.4 Å². The molecule has 2 aromatic rings. The van der Waals surface area contributed by atoms with Crippen molar-refractivity contribution in [3.05, 3.63) is 63.4 Å². The lowest BCUT2D eigenvalue weighted by molar-refractivity contribution is -0.107. The molecule has 0 spiro atoms. The quantitative estimate of drug-likeness (QED) is 0.692. The van der Waals surface area contributed by atoms with Gasteiger partial charge in [0, 0.05) is 35.6 Å². The molecule has 1 fully saturated rings. The Hall–Kier alpha value is -2.15. The zero-order valence-electron chi connectivity index (χ0n) is 13.7. The van der Waals surface area contributed by atoms with E-state index >= 15 is 0 Å². The van der Waals surface area contributed by atoms with E-state index in [1.807, 2.05) is 24.3 Å². The van der Waals surface area contributed by atoms with Gasteiger partial charge in [0.1, 0.15) is 5.82 Å². The second-order valence-electron chi connectivity index (χ2n) is 5.68. The molecule has 0 aromatic heterocycles. The highest BCUT2D eigenvalue weighted by Crippen LogP contribution is 2.40. The number of hydrogen-bond acceptors (Lipinski definition) is 3. The van der Waals surface area contributed by atoms with E-state index < -0.39 is 5.82 Å². The van der Waals surface area contributed by atoms with E-state index in [-0.39, 0.29) is 23.3 Å². The minimum Gasteiger partial charge on any atom is -0.372 e. The Balaban J connectivity index is 0.000000758. The van der Waals surface area contributed by atoms with Crippen molar-refractivity contribution in [3.8, 4) is 0 Å². The summed E-state index contributed by atoms with van der Waals surface area (Å²) in [6.45, 7) is 1.45. The van der Waals surface area contributed by atoms with Crippen LogP contribution in [0.2, 0.25) is 10.0 Å². The lowest BCUT2D eigenvalue weighted by Gasteiger charge is -2.22. The number of rotatable bonds is 4. The monoisotopic (exact) mass is 397 g/mol. The molecule has 0 radical (unpaired) electrons. The second-order valence-corrected chi connectivity index (χ2v) is 6.52. The van der Waals surface area contributed by atoms with Crippen LogP contribution in [0.15, 0.2) is 36.4 Å². The molecule has 26 heavy (non-hydrogen) atoms. The molecular formula is C18H18Cl2FN3O2. The van der Waals surface area contributed by atoms with Crippen LogP contribution in [-0.2, 0) is 9.59 Å². The molecule has 1 heterocycles. The van der Waals surface area contributed by atoms with Crippen molar-refractivity contribution >= 4 is 41.7 Å². The first-order valence-electron chi connectivity index (χ1n) is 7.82. The van der Waals surface area contributed by atoms with Gasteiger partial charge in [-0.2, -0.15) is 0 Å². The van der Waals surface area contributed by atoms with Gasteiger partial charge in [0.15, 0.2) is 0 Å². The van der Waals surface area contributed by atoms with Crippen LogP contribution in [0.3, 0.4) is 0 Å². The van der Waals surface area contributed by atoms with Gasteiger partial charge in [0.05, 0.1) is 5.02 Å².